The van der Waals surface area contributed by atoms with Gasteiger partial charge in [0, 0.05) is 25.6 Å². The number of para-hydroxylation sites is 1. The number of halogens is 4. The average molecular weight is 368 g/mol. The summed E-state index contributed by atoms with van der Waals surface area (Å²) in [5.74, 6) is -1.66. The van der Waals surface area contributed by atoms with Gasteiger partial charge in [-0.15, -0.1) is 0 Å². The minimum atomic E-state index is -4.52. The molecule has 2 rings (SSSR count). The summed E-state index contributed by atoms with van der Waals surface area (Å²) >= 11 is 0. The Kier molecular flexibility index (Phi) is 5.97. The second-order valence-electron chi connectivity index (χ2n) is 5.50. The van der Waals surface area contributed by atoms with Gasteiger partial charge in [0.05, 0.1) is 11.3 Å². The molecule has 1 N–H and O–H groups in total. The average Bonchev–Trinajstić information content (AvgIpc) is 2.56. The number of benzene rings is 2. The molecule has 2 aromatic rings. The third kappa shape index (κ3) is 5.05. The Hall–Kier alpha value is -2.90. The van der Waals surface area contributed by atoms with Crippen LogP contribution in [-0.2, 0) is 15.8 Å². The third-order valence-electron chi connectivity index (χ3n) is 3.56. The summed E-state index contributed by atoms with van der Waals surface area (Å²) < 4.78 is 51.9. The van der Waals surface area contributed by atoms with Crippen LogP contribution in [0.3, 0.4) is 0 Å². The monoisotopic (exact) mass is 368 g/mol. The zero-order valence-corrected chi connectivity index (χ0v) is 13.8. The van der Waals surface area contributed by atoms with Gasteiger partial charge in [0.2, 0.25) is 11.8 Å². The predicted octanol–water partition coefficient (Wildman–Crippen LogP) is 4.23. The summed E-state index contributed by atoms with van der Waals surface area (Å²) in [5.41, 5.74) is -0.857. The van der Waals surface area contributed by atoms with Crippen molar-refractivity contribution in [1.82, 2.24) is 0 Å². The molecule has 0 aliphatic heterocycles. The first-order valence-electron chi connectivity index (χ1n) is 7.68. The number of nitrogens with one attached hydrogen (secondary N) is 1. The molecule has 0 atom stereocenters. The van der Waals surface area contributed by atoms with Crippen molar-refractivity contribution >= 4 is 23.2 Å². The molecule has 2 aromatic carbocycles. The van der Waals surface area contributed by atoms with Gasteiger partial charge < -0.3 is 10.2 Å². The second kappa shape index (κ2) is 7.99. The van der Waals surface area contributed by atoms with E-state index in [9.17, 15) is 27.2 Å². The lowest BCUT2D eigenvalue weighted by molar-refractivity contribution is -0.137. The molecule has 0 fully saturated rings. The Balaban J connectivity index is 2.03. The Morgan fingerprint density at radius 1 is 1.08 bits per heavy atom. The highest BCUT2D eigenvalue weighted by Gasteiger charge is 2.30. The number of alkyl halides is 3. The Morgan fingerprint density at radius 3 is 2.38 bits per heavy atom. The first kappa shape index (κ1) is 19.4. The lowest BCUT2D eigenvalue weighted by atomic mass is 10.2. The zero-order chi connectivity index (χ0) is 19.3. The van der Waals surface area contributed by atoms with E-state index < -0.39 is 29.4 Å². The number of hydrogen-bond donors (Lipinski definition) is 1. The fourth-order valence-corrected chi connectivity index (χ4v) is 2.33. The van der Waals surface area contributed by atoms with E-state index >= 15 is 0 Å². The topological polar surface area (TPSA) is 49.4 Å². The maximum Gasteiger partial charge on any atom is 0.416 e. The first-order valence-corrected chi connectivity index (χ1v) is 7.68. The third-order valence-corrected chi connectivity index (χ3v) is 3.56. The van der Waals surface area contributed by atoms with E-state index in [4.69, 9.17) is 0 Å². The molecular weight excluding hydrogens is 352 g/mol. The van der Waals surface area contributed by atoms with E-state index in [2.05, 4.69) is 5.32 Å². The van der Waals surface area contributed by atoms with Gasteiger partial charge in [0.1, 0.15) is 5.82 Å². The minimum absolute atomic E-state index is 0.00917. The van der Waals surface area contributed by atoms with Gasteiger partial charge in [-0.25, -0.2) is 4.39 Å². The summed E-state index contributed by atoms with van der Waals surface area (Å²) in [7, 11) is 0. The van der Waals surface area contributed by atoms with Gasteiger partial charge in [-0.05, 0) is 30.3 Å². The molecular formula is C18H16F4N2O2. The van der Waals surface area contributed by atoms with Crippen LogP contribution in [-0.4, -0.2) is 18.4 Å². The quantitative estimate of drug-likeness (QED) is 0.803. The number of anilines is 2. The van der Waals surface area contributed by atoms with E-state index in [1.807, 2.05) is 0 Å². The van der Waals surface area contributed by atoms with Gasteiger partial charge in [0.15, 0.2) is 0 Å². The normalized spacial score (nSPS) is 11.1. The first-order chi connectivity index (χ1) is 12.2. The molecule has 0 bridgehead atoms. The van der Waals surface area contributed by atoms with Crippen LogP contribution >= 0.6 is 0 Å². The van der Waals surface area contributed by atoms with Crippen molar-refractivity contribution in [3.63, 3.8) is 0 Å². The minimum Gasteiger partial charge on any atom is -0.326 e. The van der Waals surface area contributed by atoms with Gasteiger partial charge in [-0.3, -0.25) is 9.59 Å². The summed E-state index contributed by atoms with van der Waals surface area (Å²) in [6.45, 7) is 1.12. The van der Waals surface area contributed by atoms with Crippen molar-refractivity contribution in [1.29, 1.82) is 0 Å². The van der Waals surface area contributed by atoms with Crippen LogP contribution in [0.25, 0.3) is 0 Å². The molecule has 0 heterocycles. The van der Waals surface area contributed by atoms with Crippen LogP contribution in [0.1, 0.15) is 18.9 Å². The van der Waals surface area contributed by atoms with E-state index in [0.29, 0.717) is 0 Å². The lowest BCUT2D eigenvalue weighted by Gasteiger charge is -2.21. The van der Waals surface area contributed by atoms with E-state index in [-0.39, 0.29) is 24.3 Å². The smallest absolute Gasteiger partial charge is 0.326 e. The van der Waals surface area contributed by atoms with Gasteiger partial charge in [-0.2, -0.15) is 13.2 Å². The maximum absolute atomic E-state index is 13.8. The Bertz CT molecular complexity index is 806. The maximum atomic E-state index is 13.8. The van der Waals surface area contributed by atoms with Crippen molar-refractivity contribution < 1.29 is 27.2 Å². The number of amides is 2. The van der Waals surface area contributed by atoms with Crippen molar-refractivity contribution in [2.24, 2.45) is 0 Å². The molecule has 8 heteroatoms. The van der Waals surface area contributed by atoms with E-state index in [0.717, 1.165) is 17.0 Å². The molecule has 4 nitrogen and oxygen atoms in total. The SMILES string of the molecule is CC(=O)N(CCC(=O)Nc1cccc(C(F)(F)F)c1)c1ccccc1F. The zero-order valence-electron chi connectivity index (χ0n) is 13.8. The number of carbonyl (C=O) groups excluding carboxylic acids is 2. The van der Waals surface area contributed by atoms with Crippen LogP contribution < -0.4 is 10.2 Å². The molecule has 0 saturated heterocycles. The molecule has 138 valence electrons. The van der Waals surface area contributed by atoms with E-state index in [1.165, 1.54) is 37.3 Å². The molecule has 0 aromatic heterocycles. The fraction of sp³-hybridized carbons (Fsp3) is 0.222. The Morgan fingerprint density at radius 2 is 1.77 bits per heavy atom. The number of hydrogen-bond acceptors (Lipinski definition) is 2. The lowest BCUT2D eigenvalue weighted by Crippen LogP contribution is -2.32. The van der Waals surface area contributed by atoms with Crippen LogP contribution in [0.15, 0.2) is 48.5 Å². The highest BCUT2D eigenvalue weighted by atomic mass is 19.4. The van der Waals surface area contributed by atoms with Gasteiger partial charge in [0.25, 0.3) is 0 Å². The van der Waals surface area contributed by atoms with Gasteiger partial charge >= 0.3 is 6.18 Å². The summed E-state index contributed by atoms with van der Waals surface area (Å²) in [5, 5.41) is 2.34. The molecule has 0 aliphatic rings. The molecule has 0 unspecified atom stereocenters. The standard InChI is InChI=1S/C18H16F4N2O2/c1-12(25)24(16-8-3-2-7-15(16)19)10-9-17(26)23-14-6-4-5-13(11-14)18(20,21)22/h2-8,11H,9-10H2,1H3,(H,23,26). The molecule has 0 aliphatic carbocycles. The fourth-order valence-electron chi connectivity index (χ4n) is 2.33. The highest BCUT2D eigenvalue weighted by molar-refractivity contribution is 5.94. The van der Waals surface area contributed by atoms with Gasteiger partial charge in [-0.1, -0.05) is 18.2 Å². The molecule has 2 amide bonds. The number of nitrogens with zero attached hydrogens (tertiary/aromatic N) is 1. The Labute approximate surface area is 147 Å². The summed E-state index contributed by atoms with van der Waals surface area (Å²) in [4.78, 5) is 24.8. The van der Waals surface area contributed by atoms with Crippen LogP contribution in [0.5, 0.6) is 0 Å². The predicted molar refractivity (Wildman–Crippen MR) is 89.1 cm³/mol. The number of rotatable bonds is 5. The van der Waals surface area contributed by atoms with Crippen molar-refractivity contribution in [3.8, 4) is 0 Å². The number of carbonyl (C=O) groups is 2. The van der Waals surface area contributed by atoms with Crippen molar-refractivity contribution in [2.45, 2.75) is 19.5 Å². The van der Waals surface area contributed by atoms with Crippen molar-refractivity contribution in [3.05, 3.63) is 59.9 Å². The van der Waals surface area contributed by atoms with Crippen LogP contribution in [0.4, 0.5) is 28.9 Å². The summed E-state index contributed by atoms with van der Waals surface area (Å²) in [6, 6.07) is 9.83. The van der Waals surface area contributed by atoms with Crippen LogP contribution in [0, 0.1) is 5.82 Å². The molecule has 26 heavy (non-hydrogen) atoms. The second-order valence-corrected chi connectivity index (χ2v) is 5.50. The highest BCUT2D eigenvalue weighted by Crippen LogP contribution is 2.30. The van der Waals surface area contributed by atoms with E-state index in [1.54, 1.807) is 6.07 Å². The van der Waals surface area contributed by atoms with Crippen LogP contribution in [0.2, 0.25) is 0 Å². The largest absolute Gasteiger partial charge is 0.416 e. The molecule has 0 radical (unpaired) electrons. The van der Waals surface area contributed by atoms with Crippen molar-refractivity contribution in [2.75, 3.05) is 16.8 Å². The molecule has 0 saturated carbocycles. The molecule has 0 spiro atoms. The summed E-state index contributed by atoms with van der Waals surface area (Å²) in [6.07, 6.45) is -4.72.